The number of carbonyl (C=O) groups is 1. The Bertz CT molecular complexity index is 1350. The van der Waals surface area contributed by atoms with Crippen LogP contribution in [0.4, 0.5) is 5.69 Å². The van der Waals surface area contributed by atoms with Crippen molar-refractivity contribution in [2.45, 2.75) is 43.3 Å². The van der Waals surface area contributed by atoms with Crippen molar-refractivity contribution in [2.24, 2.45) is 0 Å². The summed E-state index contributed by atoms with van der Waals surface area (Å²) in [5.41, 5.74) is 1.86. The molecule has 0 unspecified atom stereocenters. The Morgan fingerprint density at radius 2 is 1.94 bits per heavy atom. The average molecular weight is 463 g/mol. The molecule has 2 heterocycles. The smallest absolute Gasteiger partial charge is 0.270 e. The van der Waals surface area contributed by atoms with E-state index in [1.54, 1.807) is 16.6 Å². The molecule has 1 amide bonds. The van der Waals surface area contributed by atoms with E-state index >= 15 is 0 Å². The van der Waals surface area contributed by atoms with Crippen molar-refractivity contribution in [3.63, 3.8) is 0 Å². The molecular weight excluding hydrogens is 440 g/mol. The number of nitro groups is 1. The molecule has 10 heteroatoms. The maximum absolute atomic E-state index is 12.5. The minimum atomic E-state index is -0.442. The molecule has 4 aromatic rings. The summed E-state index contributed by atoms with van der Waals surface area (Å²) in [5.74, 6) is 0.572. The van der Waals surface area contributed by atoms with Gasteiger partial charge in [0, 0.05) is 29.1 Å². The number of benzene rings is 2. The Balaban J connectivity index is 1.48. The number of fused-ring (bicyclic) bond motifs is 3. The first-order chi connectivity index (χ1) is 16.1. The molecule has 0 spiro atoms. The standard InChI is InChI=1S/C23H22N6O3S/c30-20(24-16-8-2-1-3-9-16)14-33-23-25-19-12-5-4-11-18(19)22-26-21(27-28(22)23)15-7-6-10-17(13-15)29(31)32/h4-7,10-13,16H,1-3,8-9,14H2,(H,24,30). The van der Waals surface area contributed by atoms with Gasteiger partial charge in [0.15, 0.2) is 16.6 Å². The van der Waals surface area contributed by atoms with Gasteiger partial charge in [-0.1, -0.05) is 55.3 Å². The zero-order chi connectivity index (χ0) is 22.8. The molecule has 0 bridgehead atoms. The van der Waals surface area contributed by atoms with E-state index in [-0.39, 0.29) is 23.4 Å². The molecule has 2 aromatic heterocycles. The van der Waals surface area contributed by atoms with E-state index in [1.165, 1.54) is 30.3 Å². The fraction of sp³-hybridized carbons (Fsp3) is 0.304. The molecule has 33 heavy (non-hydrogen) atoms. The van der Waals surface area contributed by atoms with Gasteiger partial charge in [-0.15, -0.1) is 5.10 Å². The molecule has 0 radical (unpaired) electrons. The summed E-state index contributed by atoms with van der Waals surface area (Å²) in [7, 11) is 0. The van der Waals surface area contributed by atoms with Crippen molar-refractivity contribution < 1.29 is 9.72 Å². The largest absolute Gasteiger partial charge is 0.353 e. The summed E-state index contributed by atoms with van der Waals surface area (Å²) in [5, 5.41) is 20.3. The van der Waals surface area contributed by atoms with Gasteiger partial charge in [-0.2, -0.15) is 4.52 Å². The van der Waals surface area contributed by atoms with E-state index < -0.39 is 4.92 Å². The summed E-state index contributed by atoms with van der Waals surface area (Å²) >= 11 is 1.31. The maximum atomic E-state index is 12.5. The van der Waals surface area contributed by atoms with Crippen LogP contribution in [0, 0.1) is 10.1 Å². The normalized spacial score (nSPS) is 14.5. The zero-order valence-corrected chi connectivity index (χ0v) is 18.6. The highest BCUT2D eigenvalue weighted by atomic mass is 32.2. The third kappa shape index (κ3) is 4.51. The number of rotatable bonds is 6. The zero-order valence-electron chi connectivity index (χ0n) is 17.8. The van der Waals surface area contributed by atoms with Gasteiger partial charge in [0.2, 0.25) is 5.91 Å². The van der Waals surface area contributed by atoms with Crippen LogP contribution in [0.25, 0.3) is 27.9 Å². The fourth-order valence-electron chi connectivity index (χ4n) is 4.15. The minimum absolute atomic E-state index is 0.0194. The SMILES string of the molecule is O=C(CSc1nc2ccccc2c2nc(-c3cccc([N+](=O)[O-])c3)nn12)NC1CCCCC1. The summed E-state index contributed by atoms with van der Waals surface area (Å²) in [6, 6.07) is 14.1. The molecule has 2 aromatic carbocycles. The number of nitro benzene ring substituents is 1. The van der Waals surface area contributed by atoms with Gasteiger partial charge in [0.1, 0.15) is 0 Å². The summed E-state index contributed by atoms with van der Waals surface area (Å²) in [4.78, 5) is 32.7. The Labute approximate surface area is 193 Å². The highest BCUT2D eigenvalue weighted by Crippen LogP contribution is 2.28. The molecule has 0 atom stereocenters. The lowest BCUT2D eigenvalue weighted by atomic mass is 9.95. The number of amides is 1. The topological polar surface area (TPSA) is 115 Å². The minimum Gasteiger partial charge on any atom is -0.353 e. The van der Waals surface area contributed by atoms with E-state index in [4.69, 9.17) is 4.98 Å². The highest BCUT2D eigenvalue weighted by Gasteiger charge is 2.19. The van der Waals surface area contributed by atoms with Gasteiger partial charge in [-0.3, -0.25) is 14.9 Å². The first-order valence-corrected chi connectivity index (χ1v) is 11.9. The van der Waals surface area contributed by atoms with Crippen LogP contribution < -0.4 is 5.32 Å². The molecule has 1 fully saturated rings. The van der Waals surface area contributed by atoms with Crippen LogP contribution in [0.5, 0.6) is 0 Å². The number of nitrogens with zero attached hydrogens (tertiary/aromatic N) is 5. The van der Waals surface area contributed by atoms with E-state index in [0.717, 1.165) is 36.6 Å². The van der Waals surface area contributed by atoms with Crippen molar-refractivity contribution in [3.05, 3.63) is 58.6 Å². The summed E-state index contributed by atoms with van der Waals surface area (Å²) in [6.07, 6.45) is 5.61. The number of nitrogens with one attached hydrogen (secondary N) is 1. The highest BCUT2D eigenvalue weighted by molar-refractivity contribution is 7.99. The lowest BCUT2D eigenvalue weighted by molar-refractivity contribution is -0.384. The number of aromatic nitrogens is 4. The molecule has 168 valence electrons. The Kier molecular flexibility index (Phi) is 5.91. The van der Waals surface area contributed by atoms with Gasteiger partial charge < -0.3 is 5.32 Å². The monoisotopic (exact) mass is 462 g/mol. The number of para-hydroxylation sites is 1. The van der Waals surface area contributed by atoms with Crippen LogP contribution in [-0.2, 0) is 4.79 Å². The van der Waals surface area contributed by atoms with Crippen molar-refractivity contribution in [1.82, 2.24) is 24.9 Å². The Morgan fingerprint density at radius 3 is 2.76 bits per heavy atom. The van der Waals surface area contributed by atoms with Crippen molar-refractivity contribution in [2.75, 3.05) is 5.75 Å². The van der Waals surface area contributed by atoms with E-state index in [2.05, 4.69) is 15.4 Å². The van der Waals surface area contributed by atoms with Crippen LogP contribution in [0.15, 0.2) is 53.7 Å². The average Bonchev–Trinajstić information content (AvgIpc) is 3.29. The summed E-state index contributed by atoms with van der Waals surface area (Å²) < 4.78 is 1.62. The lowest BCUT2D eigenvalue weighted by Gasteiger charge is -2.22. The third-order valence-electron chi connectivity index (χ3n) is 5.77. The van der Waals surface area contributed by atoms with Crippen LogP contribution in [0.2, 0.25) is 0 Å². The molecule has 9 nitrogen and oxygen atoms in total. The maximum Gasteiger partial charge on any atom is 0.270 e. The molecule has 5 rings (SSSR count). The second kappa shape index (κ2) is 9.14. The third-order valence-corrected chi connectivity index (χ3v) is 6.70. The van der Waals surface area contributed by atoms with Crippen molar-refractivity contribution in [1.29, 1.82) is 0 Å². The predicted molar refractivity (Wildman–Crippen MR) is 126 cm³/mol. The van der Waals surface area contributed by atoms with Gasteiger partial charge in [-0.25, -0.2) is 9.97 Å². The van der Waals surface area contributed by atoms with E-state index in [9.17, 15) is 14.9 Å². The van der Waals surface area contributed by atoms with Gasteiger partial charge in [0.25, 0.3) is 5.69 Å². The molecule has 1 saturated carbocycles. The molecule has 0 aliphatic heterocycles. The quantitative estimate of drug-likeness (QED) is 0.195. The van der Waals surface area contributed by atoms with E-state index in [0.29, 0.717) is 22.2 Å². The van der Waals surface area contributed by atoms with Gasteiger partial charge in [-0.05, 0) is 25.0 Å². The van der Waals surface area contributed by atoms with Crippen molar-refractivity contribution in [3.8, 4) is 11.4 Å². The van der Waals surface area contributed by atoms with Crippen molar-refractivity contribution >= 4 is 39.9 Å². The fourth-order valence-corrected chi connectivity index (χ4v) is 4.91. The number of non-ortho nitro benzene ring substituents is 1. The second-order valence-corrected chi connectivity index (χ2v) is 9.02. The number of carbonyl (C=O) groups excluding carboxylic acids is 1. The van der Waals surface area contributed by atoms with E-state index in [1.807, 2.05) is 24.3 Å². The van der Waals surface area contributed by atoms with Crippen LogP contribution in [0.1, 0.15) is 32.1 Å². The lowest BCUT2D eigenvalue weighted by Crippen LogP contribution is -2.37. The van der Waals surface area contributed by atoms with Gasteiger partial charge in [0.05, 0.1) is 16.2 Å². The predicted octanol–water partition coefficient (Wildman–Crippen LogP) is 4.39. The first kappa shape index (κ1) is 21.3. The van der Waals surface area contributed by atoms with Crippen LogP contribution >= 0.6 is 11.8 Å². The number of hydrogen-bond donors (Lipinski definition) is 1. The van der Waals surface area contributed by atoms with Gasteiger partial charge >= 0.3 is 0 Å². The molecule has 1 aliphatic rings. The Morgan fingerprint density at radius 1 is 1.12 bits per heavy atom. The first-order valence-electron chi connectivity index (χ1n) is 10.9. The molecule has 1 N–H and O–H groups in total. The molecular formula is C23H22N6O3S. The second-order valence-electron chi connectivity index (χ2n) is 8.08. The molecule has 1 aliphatic carbocycles. The number of thioether (sulfide) groups is 1. The Hall–Kier alpha value is -3.53. The summed E-state index contributed by atoms with van der Waals surface area (Å²) in [6.45, 7) is 0. The number of hydrogen-bond acceptors (Lipinski definition) is 7. The van der Waals surface area contributed by atoms with Crippen LogP contribution in [0.3, 0.4) is 0 Å². The van der Waals surface area contributed by atoms with Crippen LogP contribution in [-0.4, -0.2) is 42.2 Å². The molecule has 0 saturated heterocycles.